The Labute approximate surface area is 108 Å². The zero-order valence-electron chi connectivity index (χ0n) is 8.69. The summed E-state index contributed by atoms with van der Waals surface area (Å²) in [6.07, 6.45) is 0. The smallest absolute Gasteiger partial charge is 0.0452 e. The van der Waals surface area contributed by atoms with Crippen molar-refractivity contribution in [1.29, 1.82) is 0 Å². The number of hydrogen-bond donors (Lipinski definition) is 1. The second kappa shape index (κ2) is 5.41. The average Bonchev–Trinajstić information content (AvgIpc) is 2.30. The van der Waals surface area contributed by atoms with Crippen LogP contribution in [0.4, 0.5) is 5.69 Å². The fraction of sp³-hybridized carbons (Fsp3) is 0.0769. The summed E-state index contributed by atoms with van der Waals surface area (Å²) in [5.41, 5.74) is 8.03. The third-order valence-corrected chi connectivity index (χ3v) is 3.92. The first kappa shape index (κ1) is 11.6. The van der Waals surface area contributed by atoms with Gasteiger partial charge in [-0.05, 0) is 29.8 Å². The van der Waals surface area contributed by atoms with E-state index in [0.29, 0.717) is 0 Å². The summed E-state index contributed by atoms with van der Waals surface area (Å²) in [5.74, 6) is 0.946. The summed E-state index contributed by atoms with van der Waals surface area (Å²) in [7, 11) is 0. The average molecular weight is 294 g/mol. The molecule has 2 aromatic rings. The molecule has 0 spiro atoms. The molecule has 0 saturated heterocycles. The lowest BCUT2D eigenvalue weighted by Crippen LogP contribution is -1.88. The predicted octanol–water partition coefficient (Wildman–Crippen LogP) is 4.32. The molecule has 0 aliphatic heterocycles. The molecule has 0 aliphatic rings. The monoisotopic (exact) mass is 293 g/mol. The van der Waals surface area contributed by atoms with E-state index in [-0.39, 0.29) is 0 Å². The Bertz CT molecular complexity index is 468. The fourth-order valence-electron chi connectivity index (χ4n) is 1.35. The van der Waals surface area contributed by atoms with Crippen molar-refractivity contribution in [1.82, 2.24) is 0 Å². The summed E-state index contributed by atoms with van der Waals surface area (Å²) in [6.45, 7) is 0. The zero-order chi connectivity index (χ0) is 11.4. The van der Waals surface area contributed by atoms with Crippen LogP contribution < -0.4 is 5.73 Å². The molecule has 2 rings (SSSR count). The van der Waals surface area contributed by atoms with Gasteiger partial charge in [-0.2, -0.15) is 0 Å². The molecule has 0 atom stereocenters. The van der Waals surface area contributed by atoms with E-state index in [1.807, 2.05) is 18.2 Å². The number of anilines is 1. The number of halogens is 1. The summed E-state index contributed by atoms with van der Waals surface area (Å²) in [6, 6.07) is 16.3. The molecule has 1 nitrogen and oxygen atoms in total. The summed E-state index contributed by atoms with van der Waals surface area (Å²) in [4.78, 5) is 1.14. The highest BCUT2D eigenvalue weighted by Gasteiger charge is 1.99. The van der Waals surface area contributed by atoms with Crippen LogP contribution in [0.15, 0.2) is 57.9 Å². The second-order valence-corrected chi connectivity index (χ2v) is 5.39. The number of nitrogens with two attached hydrogens (primary N) is 1. The highest BCUT2D eigenvalue weighted by molar-refractivity contribution is 9.10. The van der Waals surface area contributed by atoms with Crippen LogP contribution in [0.2, 0.25) is 0 Å². The first-order valence-electron chi connectivity index (χ1n) is 4.97. The van der Waals surface area contributed by atoms with Crippen molar-refractivity contribution in [3.05, 3.63) is 58.6 Å². The molecule has 0 heterocycles. The van der Waals surface area contributed by atoms with Gasteiger partial charge in [0.15, 0.2) is 0 Å². The summed E-state index contributed by atoms with van der Waals surface area (Å²) in [5, 5.41) is 0. The first-order valence-corrected chi connectivity index (χ1v) is 6.75. The number of para-hydroxylation sites is 1. The van der Waals surface area contributed by atoms with Gasteiger partial charge in [-0.15, -0.1) is 11.8 Å². The maximum atomic E-state index is 5.88. The molecule has 3 heteroatoms. The van der Waals surface area contributed by atoms with Crippen LogP contribution in [0.5, 0.6) is 0 Å². The number of hydrogen-bond acceptors (Lipinski definition) is 2. The fourth-order valence-corrected chi connectivity index (χ4v) is 2.54. The Hall–Kier alpha value is -0.930. The van der Waals surface area contributed by atoms with Crippen molar-refractivity contribution in [2.75, 3.05) is 5.73 Å². The van der Waals surface area contributed by atoms with Crippen molar-refractivity contribution in [2.45, 2.75) is 10.6 Å². The van der Waals surface area contributed by atoms with Crippen molar-refractivity contribution < 1.29 is 0 Å². The third-order valence-electron chi connectivity index (χ3n) is 2.23. The second-order valence-electron chi connectivity index (χ2n) is 3.45. The molecular formula is C13H12BrNS. The van der Waals surface area contributed by atoms with E-state index in [1.54, 1.807) is 11.8 Å². The van der Waals surface area contributed by atoms with Crippen molar-refractivity contribution in [2.24, 2.45) is 0 Å². The molecule has 0 aromatic heterocycles. The molecule has 0 amide bonds. The zero-order valence-corrected chi connectivity index (χ0v) is 11.1. The van der Waals surface area contributed by atoms with Crippen LogP contribution in [0.1, 0.15) is 5.56 Å². The lowest BCUT2D eigenvalue weighted by Gasteiger charge is -2.05. The number of thioether (sulfide) groups is 1. The largest absolute Gasteiger partial charge is 0.398 e. The topological polar surface area (TPSA) is 26.0 Å². The Morgan fingerprint density at radius 3 is 2.38 bits per heavy atom. The highest BCUT2D eigenvalue weighted by Crippen LogP contribution is 2.27. The lowest BCUT2D eigenvalue weighted by atomic mass is 10.2. The van der Waals surface area contributed by atoms with Crippen molar-refractivity contribution in [3.8, 4) is 0 Å². The van der Waals surface area contributed by atoms with E-state index in [9.17, 15) is 0 Å². The van der Waals surface area contributed by atoms with Crippen LogP contribution in [0.25, 0.3) is 0 Å². The van der Waals surface area contributed by atoms with Gasteiger partial charge in [0.05, 0.1) is 0 Å². The molecule has 2 N–H and O–H groups in total. The van der Waals surface area contributed by atoms with Crippen molar-refractivity contribution >= 4 is 33.4 Å². The van der Waals surface area contributed by atoms with Crippen molar-refractivity contribution in [3.63, 3.8) is 0 Å². The minimum atomic E-state index is 0.851. The van der Waals surface area contributed by atoms with Gasteiger partial charge in [0, 0.05) is 20.8 Å². The predicted molar refractivity (Wildman–Crippen MR) is 74.6 cm³/mol. The van der Waals surface area contributed by atoms with E-state index in [4.69, 9.17) is 5.73 Å². The minimum Gasteiger partial charge on any atom is -0.398 e. The van der Waals surface area contributed by atoms with Gasteiger partial charge in [-0.3, -0.25) is 0 Å². The van der Waals surface area contributed by atoms with Crippen LogP contribution >= 0.6 is 27.7 Å². The Morgan fingerprint density at radius 1 is 1.00 bits per heavy atom. The number of nitrogen functional groups attached to an aromatic ring is 1. The minimum absolute atomic E-state index is 0.851. The molecule has 0 aliphatic carbocycles. The van der Waals surface area contributed by atoms with Gasteiger partial charge >= 0.3 is 0 Å². The maximum Gasteiger partial charge on any atom is 0.0452 e. The van der Waals surface area contributed by atoms with Gasteiger partial charge in [-0.25, -0.2) is 0 Å². The molecule has 0 unspecified atom stereocenters. The Balaban J connectivity index is 2.02. The molecule has 0 saturated carbocycles. The number of benzene rings is 2. The molecule has 82 valence electrons. The van der Waals surface area contributed by atoms with E-state index >= 15 is 0 Å². The standard InChI is InChI=1S/C13H12BrNS/c14-11-7-5-10(6-8-11)9-16-13-4-2-1-3-12(13)15/h1-8H,9,15H2. The van der Waals surface area contributed by atoms with Gasteiger partial charge in [0.1, 0.15) is 0 Å². The van der Waals surface area contributed by atoms with Gasteiger partial charge in [0.25, 0.3) is 0 Å². The van der Waals surface area contributed by atoms with E-state index < -0.39 is 0 Å². The van der Waals surface area contributed by atoms with Gasteiger partial charge in [0.2, 0.25) is 0 Å². The van der Waals surface area contributed by atoms with E-state index in [2.05, 4.69) is 46.3 Å². The van der Waals surface area contributed by atoms with E-state index in [0.717, 1.165) is 20.8 Å². The first-order chi connectivity index (χ1) is 7.75. The highest BCUT2D eigenvalue weighted by atomic mass is 79.9. The molecule has 0 bridgehead atoms. The van der Waals surface area contributed by atoms with E-state index in [1.165, 1.54) is 5.56 Å². The quantitative estimate of drug-likeness (QED) is 0.674. The Kier molecular flexibility index (Phi) is 3.91. The lowest BCUT2D eigenvalue weighted by molar-refractivity contribution is 1.38. The van der Waals surface area contributed by atoms with Gasteiger partial charge < -0.3 is 5.73 Å². The SMILES string of the molecule is Nc1ccccc1SCc1ccc(Br)cc1. The third kappa shape index (κ3) is 3.03. The summed E-state index contributed by atoms with van der Waals surface area (Å²) < 4.78 is 1.11. The molecule has 0 fully saturated rings. The molecular weight excluding hydrogens is 282 g/mol. The number of rotatable bonds is 3. The van der Waals surface area contributed by atoms with Gasteiger partial charge in [-0.1, -0.05) is 40.2 Å². The molecule has 16 heavy (non-hydrogen) atoms. The van der Waals surface area contributed by atoms with Crippen LogP contribution in [0, 0.1) is 0 Å². The Morgan fingerprint density at radius 2 is 1.69 bits per heavy atom. The normalized spacial score (nSPS) is 10.3. The van der Waals surface area contributed by atoms with Crippen LogP contribution in [-0.4, -0.2) is 0 Å². The van der Waals surface area contributed by atoms with Crippen LogP contribution in [-0.2, 0) is 5.75 Å². The maximum absolute atomic E-state index is 5.88. The van der Waals surface area contributed by atoms with Crippen LogP contribution in [0.3, 0.4) is 0 Å². The summed E-state index contributed by atoms with van der Waals surface area (Å²) >= 11 is 5.19. The molecule has 2 aromatic carbocycles. The molecule has 0 radical (unpaired) electrons.